The first-order valence-corrected chi connectivity index (χ1v) is 8.95. The number of ketones is 1. The first-order valence-electron chi connectivity index (χ1n) is 8.95. The molecule has 4 aromatic rings. The molecule has 3 aromatic carbocycles. The zero-order chi connectivity index (χ0) is 20.4. The lowest BCUT2D eigenvalue weighted by Gasteiger charge is -2.06. The van der Waals surface area contributed by atoms with Crippen molar-refractivity contribution in [2.45, 2.75) is 0 Å². The monoisotopic (exact) mass is 383 g/mol. The van der Waals surface area contributed by atoms with Gasteiger partial charge in [-0.3, -0.25) is 4.79 Å². The van der Waals surface area contributed by atoms with E-state index in [4.69, 9.17) is 13.9 Å². The molecule has 0 unspecified atom stereocenters. The second kappa shape index (κ2) is 7.53. The van der Waals surface area contributed by atoms with E-state index < -0.39 is 0 Å². The summed E-state index contributed by atoms with van der Waals surface area (Å²) in [6, 6.07) is 21.5. The molecular formula is C24H17NO4. The van der Waals surface area contributed by atoms with Crippen LogP contribution in [0.5, 0.6) is 11.5 Å². The van der Waals surface area contributed by atoms with Crippen LogP contribution in [0.15, 0.2) is 71.1 Å². The largest absolute Gasteiger partial charge is 0.497 e. The molecule has 0 aliphatic heterocycles. The molecule has 29 heavy (non-hydrogen) atoms. The summed E-state index contributed by atoms with van der Waals surface area (Å²) in [4.78, 5) is 13.5. The van der Waals surface area contributed by atoms with E-state index in [9.17, 15) is 10.1 Å². The van der Waals surface area contributed by atoms with Gasteiger partial charge in [0.2, 0.25) is 0 Å². The normalized spacial score (nSPS) is 10.5. The standard InChI is InChI=1S/C24H17NO4/c1-27-17-9-7-15(8-10-17)24-22(20-12-11-18(28-2)13-21(20)29-24)23(26)19-6-4-3-5-16(19)14-25/h3-13H,1-2H3. The maximum absolute atomic E-state index is 13.5. The van der Waals surface area contributed by atoms with Crippen molar-refractivity contribution >= 4 is 16.8 Å². The lowest BCUT2D eigenvalue weighted by molar-refractivity contribution is 0.104. The van der Waals surface area contributed by atoms with Gasteiger partial charge in [-0.15, -0.1) is 0 Å². The van der Waals surface area contributed by atoms with E-state index in [1.54, 1.807) is 68.8 Å². The lowest BCUT2D eigenvalue weighted by Crippen LogP contribution is -2.04. The SMILES string of the molecule is COc1ccc(-c2oc3cc(OC)ccc3c2C(=O)c2ccccc2C#N)cc1. The van der Waals surface area contributed by atoms with Crippen molar-refractivity contribution in [3.8, 4) is 28.9 Å². The van der Waals surface area contributed by atoms with Crippen molar-refractivity contribution in [1.29, 1.82) is 5.26 Å². The van der Waals surface area contributed by atoms with E-state index in [1.165, 1.54) is 0 Å². The van der Waals surface area contributed by atoms with Gasteiger partial charge in [-0.25, -0.2) is 0 Å². The molecule has 0 bridgehead atoms. The van der Waals surface area contributed by atoms with Crippen LogP contribution in [-0.4, -0.2) is 20.0 Å². The molecule has 0 aliphatic carbocycles. The second-order valence-corrected chi connectivity index (χ2v) is 6.38. The van der Waals surface area contributed by atoms with Crippen molar-refractivity contribution in [2.24, 2.45) is 0 Å². The number of hydrogen-bond donors (Lipinski definition) is 0. The molecule has 0 N–H and O–H groups in total. The summed E-state index contributed by atoms with van der Waals surface area (Å²) in [6.07, 6.45) is 0. The molecule has 4 rings (SSSR count). The third-order valence-corrected chi connectivity index (χ3v) is 4.77. The third kappa shape index (κ3) is 3.21. The minimum atomic E-state index is -0.267. The molecule has 0 amide bonds. The molecule has 5 nitrogen and oxygen atoms in total. The fourth-order valence-electron chi connectivity index (χ4n) is 3.29. The average Bonchev–Trinajstić information content (AvgIpc) is 3.17. The van der Waals surface area contributed by atoms with Gasteiger partial charge in [0, 0.05) is 22.6 Å². The van der Waals surface area contributed by atoms with E-state index in [-0.39, 0.29) is 5.78 Å². The quantitative estimate of drug-likeness (QED) is 0.442. The molecular weight excluding hydrogens is 366 g/mol. The van der Waals surface area contributed by atoms with E-state index in [2.05, 4.69) is 6.07 Å². The molecule has 5 heteroatoms. The lowest BCUT2D eigenvalue weighted by atomic mass is 9.95. The number of rotatable bonds is 5. The number of carbonyl (C=O) groups excluding carboxylic acids is 1. The predicted octanol–water partition coefficient (Wildman–Crippen LogP) is 5.22. The Hall–Kier alpha value is -4.04. The fourth-order valence-corrected chi connectivity index (χ4v) is 3.29. The number of nitriles is 1. The van der Waals surface area contributed by atoms with Gasteiger partial charge in [-0.1, -0.05) is 12.1 Å². The molecule has 142 valence electrons. The van der Waals surface area contributed by atoms with Crippen LogP contribution in [0.3, 0.4) is 0 Å². The molecule has 0 aliphatic rings. The van der Waals surface area contributed by atoms with Gasteiger partial charge in [-0.05, 0) is 48.5 Å². The van der Waals surface area contributed by atoms with Gasteiger partial charge in [0.25, 0.3) is 0 Å². The van der Waals surface area contributed by atoms with Crippen LogP contribution >= 0.6 is 0 Å². The summed E-state index contributed by atoms with van der Waals surface area (Å²) in [7, 11) is 3.17. The van der Waals surface area contributed by atoms with Crippen LogP contribution in [0, 0.1) is 11.3 Å². The Bertz CT molecular complexity index is 1250. The highest BCUT2D eigenvalue weighted by Crippen LogP contribution is 2.37. The Morgan fingerprint density at radius 1 is 0.931 bits per heavy atom. The maximum atomic E-state index is 13.5. The van der Waals surface area contributed by atoms with Crippen LogP contribution < -0.4 is 9.47 Å². The summed E-state index contributed by atoms with van der Waals surface area (Å²) in [5.74, 6) is 1.50. The zero-order valence-corrected chi connectivity index (χ0v) is 15.9. The van der Waals surface area contributed by atoms with E-state index in [0.717, 1.165) is 5.56 Å². The van der Waals surface area contributed by atoms with Gasteiger partial charge in [0.1, 0.15) is 22.8 Å². The fraction of sp³-hybridized carbons (Fsp3) is 0.0833. The topological polar surface area (TPSA) is 72.5 Å². The number of hydrogen-bond acceptors (Lipinski definition) is 5. The van der Waals surface area contributed by atoms with Crippen LogP contribution in [-0.2, 0) is 0 Å². The molecule has 0 radical (unpaired) electrons. The Labute approximate surface area is 167 Å². The molecule has 0 saturated carbocycles. The second-order valence-electron chi connectivity index (χ2n) is 6.38. The third-order valence-electron chi connectivity index (χ3n) is 4.77. The Balaban J connectivity index is 1.97. The molecule has 0 fully saturated rings. The summed E-state index contributed by atoms with van der Waals surface area (Å²) in [5, 5.41) is 10.1. The molecule has 0 atom stereocenters. The van der Waals surface area contributed by atoms with Crippen LogP contribution in [0.1, 0.15) is 21.5 Å². The van der Waals surface area contributed by atoms with Crippen molar-refractivity contribution in [2.75, 3.05) is 14.2 Å². The summed E-state index contributed by atoms with van der Waals surface area (Å²) in [6.45, 7) is 0. The molecule has 1 heterocycles. The Morgan fingerprint density at radius 3 is 2.31 bits per heavy atom. The molecule has 0 spiro atoms. The van der Waals surface area contributed by atoms with Crippen LogP contribution in [0.2, 0.25) is 0 Å². The van der Waals surface area contributed by atoms with Gasteiger partial charge >= 0.3 is 0 Å². The van der Waals surface area contributed by atoms with E-state index >= 15 is 0 Å². The van der Waals surface area contributed by atoms with Crippen LogP contribution in [0.4, 0.5) is 0 Å². The zero-order valence-electron chi connectivity index (χ0n) is 15.9. The van der Waals surface area contributed by atoms with Crippen molar-refractivity contribution in [1.82, 2.24) is 0 Å². The van der Waals surface area contributed by atoms with Gasteiger partial charge in [-0.2, -0.15) is 5.26 Å². The summed E-state index contributed by atoms with van der Waals surface area (Å²) in [5.41, 5.74) is 2.34. The predicted molar refractivity (Wildman–Crippen MR) is 109 cm³/mol. The van der Waals surface area contributed by atoms with E-state index in [0.29, 0.717) is 44.9 Å². The van der Waals surface area contributed by atoms with Crippen molar-refractivity contribution < 1.29 is 18.7 Å². The molecule has 0 saturated heterocycles. The number of ether oxygens (including phenoxy) is 2. The number of carbonyl (C=O) groups is 1. The molecule has 1 aromatic heterocycles. The number of methoxy groups -OCH3 is 2. The highest BCUT2D eigenvalue weighted by molar-refractivity contribution is 6.20. The van der Waals surface area contributed by atoms with Crippen molar-refractivity contribution in [3.05, 3.63) is 83.4 Å². The first kappa shape index (κ1) is 18.3. The van der Waals surface area contributed by atoms with Gasteiger partial charge in [0.15, 0.2) is 5.78 Å². The Kier molecular flexibility index (Phi) is 4.76. The highest BCUT2D eigenvalue weighted by Gasteiger charge is 2.25. The highest BCUT2D eigenvalue weighted by atomic mass is 16.5. The number of benzene rings is 3. The summed E-state index contributed by atoms with van der Waals surface area (Å²) < 4.78 is 16.6. The minimum absolute atomic E-state index is 0.267. The maximum Gasteiger partial charge on any atom is 0.198 e. The Morgan fingerprint density at radius 2 is 1.62 bits per heavy atom. The van der Waals surface area contributed by atoms with E-state index in [1.807, 2.05) is 12.1 Å². The first-order chi connectivity index (χ1) is 14.2. The smallest absolute Gasteiger partial charge is 0.198 e. The summed E-state index contributed by atoms with van der Waals surface area (Å²) >= 11 is 0. The number of nitrogens with zero attached hydrogens (tertiary/aromatic N) is 1. The van der Waals surface area contributed by atoms with Gasteiger partial charge in [0.05, 0.1) is 31.4 Å². The van der Waals surface area contributed by atoms with Gasteiger partial charge < -0.3 is 13.9 Å². The average molecular weight is 383 g/mol. The number of fused-ring (bicyclic) bond motifs is 1. The number of furan rings is 1. The minimum Gasteiger partial charge on any atom is -0.497 e. The van der Waals surface area contributed by atoms with Crippen molar-refractivity contribution in [3.63, 3.8) is 0 Å². The van der Waals surface area contributed by atoms with Crippen LogP contribution in [0.25, 0.3) is 22.3 Å².